The Bertz CT molecular complexity index is 1460. The Morgan fingerprint density at radius 2 is 1.78 bits per heavy atom. The number of nitrogens with zero attached hydrogens (tertiary/aromatic N) is 5. The van der Waals surface area contributed by atoms with Gasteiger partial charge in [0.05, 0.1) is 12.8 Å². The van der Waals surface area contributed by atoms with Gasteiger partial charge in [0.25, 0.3) is 5.56 Å². The summed E-state index contributed by atoms with van der Waals surface area (Å²) in [5.41, 5.74) is 6.97. The second-order valence-corrected chi connectivity index (χ2v) is 8.67. The molecule has 8 nitrogen and oxygen atoms in total. The second kappa shape index (κ2) is 8.58. The van der Waals surface area contributed by atoms with Gasteiger partial charge in [0, 0.05) is 18.6 Å². The molecule has 0 amide bonds. The smallest absolute Gasteiger partial charge is 0.298 e. The third-order valence-electron chi connectivity index (χ3n) is 5.43. The Morgan fingerprint density at radius 3 is 2.50 bits per heavy atom. The van der Waals surface area contributed by atoms with Crippen molar-refractivity contribution < 1.29 is 0 Å². The van der Waals surface area contributed by atoms with E-state index < -0.39 is 11.2 Å². The molecule has 0 saturated heterocycles. The summed E-state index contributed by atoms with van der Waals surface area (Å²) >= 11 is 3.41. The summed E-state index contributed by atoms with van der Waals surface area (Å²) in [6.45, 7) is 4.47. The molecule has 0 atom stereocenters. The molecule has 2 aromatic carbocycles. The third kappa shape index (κ3) is 4.03. The highest BCUT2D eigenvalue weighted by atomic mass is 79.9. The van der Waals surface area contributed by atoms with Gasteiger partial charge in [0.15, 0.2) is 11.2 Å². The first-order valence-electron chi connectivity index (χ1n) is 10.0. The van der Waals surface area contributed by atoms with E-state index in [0.29, 0.717) is 23.7 Å². The van der Waals surface area contributed by atoms with Gasteiger partial charge in [-0.1, -0.05) is 51.8 Å². The molecule has 0 bridgehead atoms. The van der Waals surface area contributed by atoms with Crippen molar-refractivity contribution in [1.82, 2.24) is 18.7 Å². The van der Waals surface area contributed by atoms with Gasteiger partial charge in [-0.25, -0.2) is 10.2 Å². The van der Waals surface area contributed by atoms with Gasteiger partial charge in [-0.3, -0.25) is 18.5 Å². The minimum atomic E-state index is -0.427. The van der Waals surface area contributed by atoms with Crippen LogP contribution in [0, 0.1) is 13.8 Å². The van der Waals surface area contributed by atoms with Gasteiger partial charge in [-0.2, -0.15) is 10.1 Å². The normalized spacial score (nSPS) is 11.5. The highest BCUT2D eigenvalue weighted by molar-refractivity contribution is 9.10. The lowest BCUT2D eigenvalue weighted by atomic mass is 10.1. The van der Waals surface area contributed by atoms with Crippen LogP contribution in [-0.4, -0.2) is 24.9 Å². The number of anilines is 1. The Morgan fingerprint density at radius 1 is 1.06 bits per heavy atom. The van der Waals surface area contributed by atoms with Crippen LogP contribution in [0.25, 0.3) is 11.2 Å². The van der Waals surface area contributed by atoms with Crippen LogP contribution in [0.5, 0.6) is 0 Å². The van der Waals surface area contributed by atoms with Crippen molar-refractivity contribution in [2.45, 2.75) is 20.4 Å². The molecule has 4 rings (SSSR count). The molecule has 0 unspecified atom stereocenters. The van der Waals surface area contributed by atoms with Gasteiger partial charge in [-0.15, -0.1) is 0 Å². The van der Waals surface area contributed by atoms with Crippen molar-refractivity contribution in [1.29, 1.82) is 0 Å². The standard InChI is InChI=1S/C23H23BrN6O2/c1-14-5-6-15(2)17(11-14)13-30-19-20(28(3)23(32)29(4)21(19)31)26-22(30)27-25-12-16-7-9-18(24)10-8-16/h5-12H,13H2,1-4H3,(H,26,27)/b25-12+. The van der Waals surface area contributed by atoms with E-state index in [0.717, 1.165) is 31.3 Å². The van der Waals surface area contributed by atoms with E-state index in [9.17, 15) is 9.59 Å². The first kappa shape index (κ1) is 21.8. The molecule has 9 heteroatoms. The van der Waals surface area contributed by atoms with E-state index in [1.165, 1.54) is 11.6 Å². The Hall–Kier alpha value is -3.46. The van der Waals surface area contributed by atoms with Crippen molar-refractivity contribution in [3.05, 3.63) is 90.0 Å². The fraction of sp³-hybridized carbons (Fsp3) is 0.217. The second-order valence-electron chi connectivity index (χ2n) is 7.75. The maximum atomic E-state index is 13.0. The van der Waals surface area contributed by atoms with E-state index >= 15 is 0 Å². The third-order valence-corrected chi connectivity index (χ3v) is 5.96. The molecule has 0 aliphatic carbocycles. The maximum absolute atomic E-state index is 13.0. The number of benzene rings is 2. The first-order valence-corrected chi connectivity index (χ1v) is 10.8. The molecular weight excluding hydrogens is 472 g/mol. The van der Waals surface area contributed by atoms with Crippen molar-refractivity contribution in [2.24, 2.45) is 19.2 Å². The molecule has 1 N–H and O–H groups in total. The molecule has 0 aliphatic rings. The predicted molar refractivity (Wildman–Crippen MR) is 131 cm³/mol. The quantitative estimate of drug-likeness (QED) is 0.340. The Kier molecular flexibility index (Phi) is 5.84. The first-order chi connectivity index (χ1) is 15.3. The number of fused-ring (bicyclic) bond motifs is 1. The summed E-state index contributed by atoms with van der Waals surface area (Å²) in [7, 11) is 3.08. The van der Waals surface area contributed by atoms with E-state index in [1.54, 1.807) is 17.8 Å². The summed E-state index contributed by atoms with van der Waals surface area (Å²) in [6.07, 6.45) is 1.67. The summed E-state index contributed by atoms with van der Waals surface area (Å²) in [6, 6.07) is 13.9. The molecule has 0 radical (unpaired) electrons. The zero-order chi connectivity index (χ0) is 23.0. The summed E-state index contributed by atoms with van der Waals surface area (Å²) < 4.78 is 5.23. The largest absolute Gasteiger partial charge is 0.332 e. The number of halogens is 1. The maximum Gasteiger partial charge on any atom is 0.332 e. The monoisotopic (exact) mass is 494 g/mol. The van der Waals surface area contributed by atoms with Crippen LogP contribution < -0.4 is 16.7 Å². The molecular formula is C23H23BrN6O2. The molecule has 0 aliphatic heterocycles. The van der Waals surface area contributed by atoms with Gasteiger partial charge < -0.3 is 0 Å². The summed E-state index contributed by atoms with van der Waals surface area (Å²) in [5, 5.41) is 4.31. The van der Waals surface area contributed by atoms with Crippen molar-refractivity contribution in [3.8, 4) is 0 Å². The number of hydrogen-bond acceptors (Lipinski definition) is 5. The summed E-state index contributed by atoms with van der Waals surface area (Å²) in [5.74, 6) is 0.382. The van der Waals surface area contributed by atoms with Crippen molar-refractivity contribution in [3.63, 3.8) is 0 Å². The topological polar surface area (TPSA) is 86.2 Å². The average molecular weight is 495 g/mol. The lowest BCUT2D eigenvalue weighted by Crippen LogP contribution is -2.37. The molecule has 0 fully saturated rings. The van der Waals surface area contributed by atoms with Gasteiger partial charge in [0.1, 0.15) is 0 Å². The van der Waals surface area contributed by atoms with Crippen LogP contribution in [-0.2, 0) is 20.6 Å². The van der Waals surface area contributed by atoms with Gasteiger partial charge in [0.2, 0.25) is 5.95 Å². The van der Waals surface area contributed by atoms with Gasteiger partial charge >= 0.3 is 5.69 Å². The number of aryl methyl sites for hydroxylation is 3. The predicted octanol–water partition coefficient (Wildman–Crippen LogP) is 3.31. The van der Waals surface area contributed by atoms with Crippen LogP contribution >= 0.6 is 15.9 Å². The van der Waals surface area contributed by atoms with E-state index in [4.69, 9.17) is 0 Å². The molecule has 0 spiro atoms. The lowest BCUT2D eigenvalue weighted by molar-refractivity contribution is 0.702. The number of imidazole rings is 1. The van der Waals surface area contributed by atoms with Crippen LogP contribution in [0.3, 0.4) is 0 Å². The minimum Gasteiger partial charge on any atom is -0.298 e. The van der Waals surface area contributed by atoms with E-state index in [-0.39, 0.29) is 0 Å². The zero-order valence-corrected chi connectivity index (χ0v) is 19.8. The van der Waals surface area contributed by atoms with Crippen LogP contribution in [0.1, 0.15) is 22.3 Å². The average Bonchev–Trinajstić information content (AvgIpc) is 3.13. The molecule has 164 valence electrons. The SMILES string of the molecule is Cc1ccc(C)c(Cn2c(N/N=C/c3ccc(Br)cc3)nc3c2c(=O)n(C)c(=O)n3C)c1. The molecule has 4 aromatic rings. The molecule has 2 heterocycles. The molecule has 32 heavy (non-hydrogen) atoms. The van der Waals surface area contributed by atoms with E-state index in [1.807, 2.05) is 38.1 Å². The summed E-state index contributed by atoms with van der Waals surface area (Å²) in [4.78, 5) is 30.0. The molecule has 0 saturated carbocycles. The van der Waals surface area contributed by atoms with Crippen LogP contribution in [0.4, 0.5) is 5.95 Å². The van der Waals surface area contributed by atoms with E-state index in [2.05, 4.69) is 49.6 Å². The number of hydrazone groups is 1. The fourth-order valence-corrected chi connectivity index (χ4v) is 3.80. The fourth-order valence-electron chi connectivity index (χ4n) is 3.54. The highest BCUT2D eigenvalue weighted by Gasteiger charge is 2.19. The number of nitrogens with one attached hydrogen (secondary N) is 1. The number of aromatic nitrogens is 4. The Labute approximate surface area is 193 Å². The Balaban J connectivity index is 1.84. The number of rotatable bonds is 5. The zero-order valence-electron chi connectivity index (χ0n) is 18.3. The van der Waals surface area contributed by atoms with Crippen molar-refractivity contribution in [2.75, 3.05) is 5.43 Å². The minimum absolute atomic E-state index is 0.310. The lowest BCUT2D eigenvalue weighted by Gasteiger charge is -2.12. The van der Waals surface area contributed by atoms with Crippen LogP contribution in [0.2, 0.25) is 0 Å². The molecule has 2 aromatic heterocycles. The van der Waals surface area contributed by atoms with Crippen molar-refractivity contribution >= 4 is 39.3 Å². The van der Waals surface area contributed by atoms with Crippen LogP contribution in [0.15, 0.2) is 61.6 Å². The highest BCUT2D eigenvalue weighted by Crippen LogP contribution is 2.20. The number of hydrogen-bond donors (Lipinski definition) is 1. The van der Waals surface area contributed by atoms with Gasteiger partial charge in [-0.05, 0) is 42.7 Å².